The first kappa shape index (κ1) is 27.7. The van der Waals surface area contributed by atoms with Gasteiger partial charge in [-0.3, -0.25) is 9.89 Å². The van der Waals surface area contributed by atoms with Gasteiger partial charge in [0.15, 0.2) is 5.96 Å². The van der Waals surface area contributed by atoms with Gasteiger partial charge in [-0.1, -0.05) is 12.8 Å². The number of unbranched alkanes of at least 4 members (excludes halogenated alkanes) is 2. The Kier molecular flexibility index (Phi) is 14.3. The predicted molar refractivity (Wildman–Crippen MR) is 129 cm³/mol. The van der Waals surface area contributed by atoms with Gasteiger partial charge in [0, 0.05) is 20.1 Å². The van der Waals surface area contributed by atoms with Crippen LogP contribution < -0.4 is 10.6 Å². The molecule has 2 saturated heterocycles. The lowest BCUT2D eigenvalue weighted by molar-refractivity contribution is -0.148. The summed E-state index contributed by atoms with van der Waals surface area (Å²) in [5.41, 5.74) is 0. The first-order valence-electron chi connectivity index (χ1n) is 11.4. The molecule has 0 aromatic heterocycles. The third-order valence-corrected chi connectivity index (χ3v) is 6.07. The minimum Gasteiger partial charge on any atom is -0.356 e. The number of hydrogen-bond acceptors (Lipinski definition) is 3. The molecule has 5 nitrogen and oxygen atoms in total. The van der Waals surface area contributed by atoms with Gasteiger partial charge in [0.25, 0.3) is 0 Å². The molecule has 0 atom stereocenters. The van der Waals surface area contributed by atoms with Crippen LogP contribution in [0, 0.1) is 5.92 Å². The van der Waals surface area contributed by atoms with Gasteiger partial charge >= 0.3 is 6.18 Å². The highest BCUT2D eigenvalue weighted by atomic mass is 127. The lowest BCUT2D eigenvalue weighted by atomic mass is 9.93. The standard InChI is InChI=1S/C21H40F3N5.HI/c1-25-20(26-11-4-2-5-13-28-14-6-3-7-15-28)27-12-8-19-9-16-29(17-10-19)18-21(22,23)24;/h19H,2-18H2,1H3,(H2,25,26,27);1H. The number of hydrogen-bond donors (Lipinski definition) is 2. The summed E-state index contributed by atoms with van der Waals surface area (Å²) in [6.45, 7) is 5.85. The fourth-order valence-corrected chi connectivity index (χ4v) is 4.33. The van der Waals surface area contributed by atoms with Crippen molar-refractivity contribution in [1.29, 1.82) is 0 Å². The van der Waals surface area contributed by atoms with Crippen LogP contribution in [0.3, 0.4) is 0 Å². The molecule has 0 radical (unpaired) electrons. The summed E-state index contributed by atoms with van der Waals surface area (Å²) < 4.78 is 37.3. The van der Waals surface area contributed by atoms with Crippen LogP contribution in [0.2, 0.25) is 0 Å². The van der Waals surface area contributed by atoms with E-state index >= 15 is 0 Å². The van der Waals surface area contributed by atoms with Crippen LogP contribution in [-0.2, 0) is 0 Å². The van der Waals surface area contributed by atoms with Crippen molar-refractivity contribution in [2.45, 2.75) is 64.0 Å². The van der Waals surface area contributed by atoms with Gasteiger partial charge in [-0.2, -0.15) is 13.2 Å². The van der Waals surface area contributed by atoms with Crippen molar-refractivity contribution in [3.8, 4) is 0 Å². The van der Waals surface area contributed by atoms with Gasteiger partial charge in [0.1, 0.15) is 0 Å². The molecule has 0 aromatic carbocycles. The molecule has 0 saturated carbocycles. The molecule has 0 spiro atoms. The normalized spacial score (nSPS) is 20.1. The molecule has 30 heavy (non-hydrogen) atoms. The van der Waals surface area contributed by atoms with Crippen molar-refractivity contribution in [3.05, 3.63) is 0 Å². The molecule has 0 amide bonds. The Bertz CT molecular complexity index is 462. The van der Waals surface area contributed by atoms with Crippen molar-refractivity contribution in [2.24, 2.45) is 10.9 Å². The summed E-state index contributed by atoms with van der Waals surface area (Å²) in [6, 6.07) is 0. The van der Waals surface area contributed by atoms with E-state index in [-0.39, 0.29) is 24.0 Å². The molecule has 0 aliphatic carbocycles. The molecule has 178 valence electrons. The smallest absolute Gasteiger partial charge is 0.356 e. The lowest BCUT2D eigenvalue weighted by Gasteiger charge is -2.32. The number of guanidine groups is 1. The average Bonchev–Trinajstić information content (AvgIpc) is 2.70. The van der Waals surface area contributed by atoms with E-state index in [0.29, 0.717) is 19.0 Å². The molecule has 2 N–H and O–H groups in total. The number of alkyl halides is 3. The van der Waals surface area contributed by atoms with Crippen LogP contribution in [0.15, 0.2) is 4.99 Å². The van der Waals surface area contributed by atoms with E-state index in [1.54, 1.807) is 7.05 Å². The fourth-order valence-electron chi connectivity index (χ4n) is 4.33. The van der Waals surface area contributed by atoms with Gasteiger partial charge in [-0.25, -0.2) is 0 Å². The maximum atomic E-state index is 12.4. The van der Waals surface area contributed by atoms with Crippen molar-refractivity contribution in [3.63, 3.8) is 0 Å². The third-order valence-electron chi connectivity index (χ3n) is 6.07. The Balaban J connectivity index is 0.00000450. The van der Waals surface area contributed by atoms with E-state index in [0.717, 1.165) is 44.7 Å². The first-order chi connectivity index (χ1) is 14.0. The SMILES string of the molecule is CN=C(NCCCCCN1CCCCC1)NCCC1CCN(CC(F)(F)F)CC1.I. The molecule has 2 fully saturated rings. The summed E-state index contributed by atoms with van der Waals surface area (Å²) in [7, 11) is 1.78. The van der Waals surface area contributed by atoms with Crippen LogP contribution in [0.1, 0.15) is 57.8 Å². The second-order valence-corrected chi connectivity index (χ2v) is 8.51. The maximum absolute atomic E-state index is 12.4. The monoisotopic (exact) mass is 547 g/mol. The van der Waals surface area contributed by atoms with Gasteiger partial charge in [0.05, 0.1) is 6.54 Å². The predicted octanol–water partition coefficient (Wildman–Crippen LogP) is 4.09. The summed E-state index contributed by atoms with van der Waals surface area (Å²) >= 11 is 0. The lowest BCUT2D eigenvalue weighted by Crippen LogP contribution is -2.41. The second-order valence-electron chi connectivity index (χ2n) is 8.51. The number of likely N-dealkylation sites (tertiary alicyclic amines) is 2. The van der Waals surface area contributed by atoms with Gasteiger partial charge < -0.3 is 15.5 Å². The molecular weight excluding hydrogens is 506 g/mol. The Labute approximate surface area is 197 Å². The molecule has 0 unspecified atom stereocenters. The second kappa shape index (κ2) is 15.5. The Hall–Kier alpha value is -0.290. The first-order valence-corrected chi connectivity index (χ1v) is 11.4. The number of aliphatic imine (C=N–C) groups is 1. The molecule has 9 heteroatoms. The van der Waals surface area contributed by atoms with E-state index in [1.807, 2.05) is 0 Å². The molecule has 0 aromatic rings. The molecule has 2 aliphatic heterocycles. The van der Waals surface area contributed by atoms with E-state index in [4.69, 9.17) is 0 Å². The summed E-state index contributed by atoms with van der Waals surface area (Å²) in [5.74, 6) is 1.33. The van der Waals surface area contributed by atoms with Gasteiger partial charge in [-0.15, -0.1) is 24.0 Å². The van der Waals surface area contributed by atoms with E-state index < -0.39 is 12.7 Å². The van der Waals surface area contributed by atoms with Crippen LogP contribution in [0.25, 0.3) is 0 Å². The summed E-state index contributed by atoms with van der Waals surface area (Å²) in [5, 5.41) is 6.72. The van der Waals surface area contributed by atoms with Crippen LogP contribution in [0.4, 0.5) is 13.2 Å². The maximum Gasteiger partial charge on any atom is 0.401 e. The fraction of sp³-hybridized carbons (Fsp3) is 0.952. The molecule has 2 rings (SSSR count). The minimum atomic E-state index is -4.08. The average molecular weight is 547 g/mol. The minimum absolute atomic E-state index is 0. The van der Waals surface area contributed by atoms with E-state index in [9.17, 15) is 13.2 Å². The van der Waals surface area contributed by atoms with Crippen LogP contribution in [-0.4, -0.2) is 81.3 Å². The highest BCUT2D eigenvalue weighted by Crippen LogP contribution is 2.23. The highest BCUT2D eigenvalue weighted by Gasteiger charge is 2.32. The van der Waals surface area contributed by atoms with Crippen molar-refractivity contribution >= 4 is 29.9 Å². The summed E-state index contributed by atoms with van der Waals surface area (Å²) in [6.07, 6.45) is 6.35. The van der Waals surface area contributed by atoms with E-state index in [2.05, 4.69) is 20.5 Å². The van der Waals surface area contributed by atoms with Crippen molar-refractivity contribution < 1.29 is 13.2 Å². The molecular formula is C21H41F3IN5. The topological polar surface area (TPSA) is 42.9 Å². The zero-order chi connectivity index (χ0) is 21.0. The summed E-state index contributed by atoms with van der Waals surface area (Å²) in [4.78, 5) is 8.38. The van der Waals surface area contributed by atoms with Crippen LogP contribution >= 0.6 is 24.0 Å². The van der Waals surface area contributed by atoms with Crippen molar-refractivity contribution in [2.75, 3.05) is 59.4 Å². The van der Waals surface area contributed by atoms with Crippen molar-refractivity contribution in [1.82, 2.24) is 20.4 Å². The molecule has 2 aliphatic rings. The zero-order valence-corrected chi connectivity index (χ0v) is 20.8. The molecule has 2 heterocycles. The highest BCUT2D eigenvalue weighted by molar-refractivity contribution is 14.0. The van der Waals surface area contributed by atoms with Gasteiger partial charge in [0.2, 0.25) is 0 Å². The Morgan fingerprint density at radius 3 is 2.20 bits per heavy atom. The number of nitrogens with one attached hydrogen (secondary N) is 2. The zero-order valence-electron chi connectivity index (χ0n) is 18.5. The number of piperidine rings is 2. The van der Waals surface area contributed by atoms with Crippen LogP contribution in [0.5, 0.6) is 0 Å². The Morgan fingerprint density at radius 2 is 1.57 bits per heavy atom. The van der Waals surface area contributed by atoms with Gasteiger partial charge in [-0.05, 0) is 83.6 Å². The molecule has 0 bridgehead atoms. The Morgan fingerprint density at radius 1 is 0.900 bits per heavy atom. The quantitative estimate of drug-likeness (QED) is 0.187. The number of rotatable bonds is 10. The number of halogens is 4. The van der Waals surface area contributed by atoms with E-state index in [1.165, 1.54) is 56.6 Å². The largest absolute Gasteiger partial charge is 0.401 e. The number of nitrogens with zero attached hydrogens (tertiary/aromatic N) is 3. The third kappa shape index (κ3) is 12.5.